The minimum atomic E-state index is 0.676. The van der Waals surface area contributed by atoms with E-state index in [1.54, 1.807) is 0 Å². The second kappa shape index (κ2) is 8.15. The molecular weight excluding hydrogens is 464 g/mol. The molecule has 0 unspecified atom stereocenters. The van der Waals surface area contributed by atoms with Crippen molar-refractivity contribution in [1.82, 2.24) is 19.1 Å². The van der Waals surface area contributed by atoms with Crippen LogP contribution in [-0.2, 0) is 0 Å². The quantitative estimate of drug-likeness (QED) is 0.252. The lowest BCUT2D eigenvalue weighted by Gasteiger charge is -2.12. The Morgan fingerprint density at radius 2 is 1.13 bits per heavy atom. The van der Waals surface area contributed by atoms with Gasteiger partial charge < -0.3 is 4.57 Å². The molecule has 178 valence electrons. The molecule has 0 saturated carbocycles. The second-order valence-corrected chi connectivity index (χ2v) is 9.52. The highest BCUT2D eigenvalue weighted by atomic mass is 15.2. The summed E-state index contributed by atoms with van der Waals surface area (Å²) in [6.07, 6.45) is 2.16. The highest BCUT2D eigenvalue weighted by Gasteiger charge is 2.19. The number of nitrogens with zero attached hydrogens (tertiary/aromatic N) is 4. The van der Waals surface area contributed by atoms with Crippen LogP contribution in [0.2, 0.25) is 0 Å². The van der Waals surface area contributed by atoms with Crippen LogP contribution in [0.1, 0.15) is 0 Å². The molecule has 0 N–H and O–H groups in total. The lowest BCUT2D eigenvalue weighted by Crippen LogP contribution is -2.03. The van der Waals surface area contributed by atoms with Gasteiger partial charge >= 0.3 is 0 Å². The zero-order chi connectivity index (χ0) is 25.1. The van der Waals surface area contributed by atoms with Gasteiger partial charge in [0.25, 0.3) is 0 Å². The van der Waals surface area contributed by atoms with Crippen LogP contribution in [0.3, 0.4) is 0 Å². The Hall–Kier alpha value is -5.22. The van der Waals surface area contributed by atoms with Crippen LogP contribution < -0.4 is 0 Å². The van der Waals surface area contributed by atoms with Crippen molar-refractivity contribution in [3.8, 4) is 22.9 Å². The van der Waals surface area contributed by atoms with Gasteiger partial charge in [0.2, 0.25) is 5.95 Å². The number of fused-ring (bicyclic) bond motifs is 6. The van der Waals surface area contributed by atoms with Crippen molar-refractivity contribution in [2.45, 2.75) is 0 Å². The molecule has 4 nitrogen and oxygen atoms in total. The van der Waals surface area contributed by atoms with E-state index in [0.29, 0.717) is 5.95 Å². The third-order valence-corrected chi connectivity index (χ3v) is 7.38. The van der Waals surface area contributed by atoms with E-state index in [1.165, 1.54) is 21.7 Å². The maximum Gasteiger partial charge on any atom is 0.235 e. The normalized spacial score (nSPS) is 11.7. The molecule has 38 heavy (non-hydrogen) atoms. The van der Waals surface area contributed by atoms with Crippen LogP contribution >= 0.6 is 0 Å². The molecule has 0 aliphatic rings. The number of rotatable bonds is 3. The molecule has 0 bridgehead atoms. The first-order chi connectivity index (χ1) is 18.9. The Bertz CT molecular complexity index is 2120. The standard InChI is InChI=1S/C34H22N4/c1-3-11-23(12-4-1)33-25-15-7-9-17-28(25)35-34(36-33)38-30-18-10-8-16-26(30)32-27-21-22-37(24-13-5-2-6-14-24)29(27)19-20-31(32)38/h1-22H. The predicted octanol–water partition coefficient (Wildman–Crippen LogP) is 8.34. The number of hydrogen-bond donors (Lipinski definition) is 0. The molecule has 0 aliphatic heterocycles. The number of para-hydroxylation sites is 3. The van der Waals surface area contributed by atoms with Crippen LogP contribution in [0.25, 0.3) is 66.5 Å². The molecule has 0 aliphatic carbocycles. The third-order valence-electron chi connectivity index (χ3n) is 7.38. The minimum Gasteiger partial charge on any atom is -0.317 e. The van der Waals surface area contributed by atoms with Crippen molar-refractivity contribution in [1.29, 1.82) is 0 Å². The van der Waals surface area contributed by atoms with Gasteiger partial charge in [-0.3, -0.25) is 4.57 Å². The van der Waals surface area contributed by atoms with Gasteiger partial charge in [-0.2, -0.15) is 0 Å². The Labute approximate surface area is 219 Å². The van der Waals surface area contributed by atoms with E-state index in [0.717, 1.165) is 38.9 Å². The highest BCUT2D eigenvalue weighted by molar-refractivity contribution is 6.21. The SMILES string of the molecule is c1ccc(-c2nc(-n3c4ccccc4c4c5ccn(-c6ccccc6)c5ccc43)nc3ccccc23)cc1. The van der Waals surface area contributed by atoms with Gasteiger partial charge in [-0.25, -0.2) is 9.97 Å². The van der Waals surface area contributed by atoms with Crippen molar-refractivity contribution in [2.75, 3.05) is 0 Å². The predicted molar refractivity (Wildman–Crippen MR) is 156 cm³/mol. The van der Waals surface area contributed by atoms with Crippen LogP contribution in [0.5, 0.6) is 0 Å². The Morgan fingerprint density at radius 3 is 1.97 bits per heavy atom. The molecule has 3 aromatic heterocycles. The first-order valence-electron chi connectivity index (χ1n) is 12.8. The van der Waals surface area contributed by atoms with Gasteiger partial charge in [0, 0.05) is 39.0 Å². The fraction of sp³-hybridized carbons (Fsp3) is 0. The van der Waals surface area contributed by atoms with Crippen LogP contribution in [-0.4, -0.2) is 19.1 Å². The summed E-state index contributed by atoms with van der Waals surface area (Å²) in [6, 6.07) is 44.3. The van der Waals surface area contributed by atoms with E-state index in [2.05, 4.69) is 118 Å². The average molecular weight is 487 g/mol. The summed E-state index contributed by atoms with van der Waals surface area (Å²) in [6.45, 7) is 0. The number of hydrogen-bond acceptors (Lipinski definition) is 2. The van der Waals surface area contributed by atoms with E-state index in [4.69, 9.17) is 9.97 Å². The first-order valence-corrected chi connectivity index (χ1v) is 12.8. The fourth-order valence-electron chi connectivity index (χ4n) is 5.69. The molecule has 0 fully saturated rings. The third kappa shape index (κ3) is 3.04. The van der Waals surface area contributed by atoms with Crippen molar-refractivity contribution in [3.63, 3.8) is 0 Å². The monoisotopic (exact) mass is 486 g/mol. The van der Waals surface area contributed by atoms with E-state index < -0.39 is 0 Å². The van der Waals surface area contributed by atoms with E-state index in [-0.39, 0.29) is 0 Å². The average Bonchev–Trinajstić information content (AvgIpc) is 3.57. The summed E-state index contributed by atoms with van der Waals surface area (Å²) < 4.78 is 4.46. The van der Waals surface area contributed by atoms with Crippen LogP contribution in [0.4, 0.5) is 0 Å². The molecular formula is C34H22N4. The van der Waals surface area contributed by atoms with Crippen molar-refractivity contribution < 1.29 is 0 Å². The summed E-state index contributed by atoms with van der Waals surface area (Å²) in [7, 11) is 0. The summed E-state index contributed by atoms with van der Waals surface area (Å²) in [5, 5.41) is 4.67. The van der Waals surface area contributed by atoms with Crippen LogP contribution in [0.15, 0.2) is 134 Å². The molecule has 0 radical (unpaired) electrons. The molecule has 0 spiro atoms. The van der Waals surface area contributed by atoms with Crippen LogP contribution in [0, 0.1) is 0 Å². The zero-order valence-corrected chi connectivity index (χ0v) is 20.5. The molecule has 3 heterocycles. The lowest BCUT2D eigenvalue weighted by molar-refractivity contribution is 1.01. The maximum absolute atomic E-state index is 5.19. The van der Waals surface area contributed by atoms with Crippen molar-refractivity contribution in [2.24, 2.45) is 0 Å². The topological polar surface area (TPSA) is 35.6 Å². The number of benzene rings is 5. The van der Waals surface area contributed by atoms with E-state index in [1.807, 2.05) is 24.3 Å². The van der Waals surface area contributed by atoms with E-state index >= 15 is 0 Å². The molecule has 0 saturated heterocycles. The van der Waals surface area contributed by atoms with Gasteiger partial charge in [-0.15, -0.1) is 0 Å². The molecule has 0 amide bonds. The zero-order valence-electron chi connectivity index (χ0n) is 20.5. The highest BCUT2D eigenvalue weighted by Crippen LogP contribution is 2.38. The molecule has 8 rings (SSSR count). The molecule has 0 atom stereocenters. The van der Waals surface area contributed by atoms with Gasteiger partial charge in [0.15, 0.2) is 0 Å². The smallest absolute Gasteiger partial charge is 0.235 e. The second-order valence-electron chi connectivity index (χ2n) is 9.52. The largest absolute Gasteiger partial charge is 0.317 e. The molecule has 5 aromatic carbocycles. The summed E-state index contributed by atoms with van der Waals surface area (Å²) in [5.74, 6) is 0.676. The lowest BCUT2D eigenvalue weighted by atomic mass is 10.1. The summed E-state index contributed by atoms with van der Waals surface area (Å²) in [5.41, 5.74) is 7.46. The van der Waals surface area contributed by atoms with Crippen molar-refractivity contribution >= 4 is 43.6 Å². The van der Waals surface area contributed by atoms with Gasteiger partial charge in [-0.05, 0) is 42.5 Å². The fourth-order valence-corrected chi connectivity index (χ4v) is 5.69. The molecule has 8 aromatic rings. The Balaban J connectivity index is 1.47. The number of aromatic nitrogens is 4. The Kier molecular flexibility index (Phi) is 4.49. The maximum atomic E-state index is 5.19. The van der Waals surface area contributed by atoms with E-state index in [9.17, 15) is 0 Å². The van der Waals surface area contributed by atoms with Crippen molar-refractivity contribution in [3.05, 3.63) is 134 Å². The summed E-state index contributed by atoms with van der Waals surface area (Å²) >= 11 is 0. The summed E-state index contributed by atoms with van der Waals surface area (Å²) in [4.78, 5) is 10.3. The van der Waals surface area contributed by atoms with Gasteiger partial charge in [0.05, 0.1) is 27.8 Å². The first kappa shape index (κ1) is 20.9. The van der Waals surface area contributed by atoms with Gasteiger partial charge in [0.1, 0.15) is 0 Å². The van der Waals surface area contributed by atoms with Gasteiger partial charge in [-0.1, -0.05) is 84.9 Å². The minimum absolute atomic E-state index is 0.676. The Morgan fingerprint density at radius 1 is 0.474 bits per heavy atom. The molecule has 4 heteroatoms.